The van der Waals surface area contributed by atoms with Crippen LogP contribution in [0.2, 0.25) is 0 Å². The quantitative estimate of drug-likeness (QED) is 0.893. The highest BCUT2D eigenvalue weighted by Gasteiger charge is 2.24. The molecule has 1 aliphatic heterocycles. The van der Waals surface area contributed by atoms with E-state index >= 15 is 0 Å². The van der Waals surface area contributed by atoms with Gasteiger partial charge >= 0.3 is 5.97 Å². The minimum atomic E-state index is -0.664. The highest BCUT2D eigenvalue weighted by atomic mass is 16.4. The summed E-state index contributed by atoms with van der Waals surface area (Å²) in [6, 6.07) is 4.15. The van der Waals surface area contributed by atoms with E-state index in [-0.39, 0.29) is 5.92 Å². The average molecular weight is 248 g/mol. The van der Waals surface area contributed by atoms with Crippen LogP contribution in [0.3, 0.4) is 0 Å². The summed E-state index contributed by atoms with van der Waals surface area (Å²) in [4.78, 5) is 17.6. The van der Waals surface area contributed by atoms with Crippen molar-refractivity contribution < 1.29 is 9.90 Å². The molecule has 0 spiro atoms. The topological polar surface area (TPSA) is 53.4 Å². The van der Waals surface area contributed by atoms with Gasteiger partial charge in [-0.05, 0) is 30.9 Å². The summed E-state index contributed by atoms with van der Waals surface area (Å²) in [6.07, 6.45) is 3.35. The molecule has 0 atom stereocenters. The second-order valence-electron chi connectivity index (χ2n) is 5.20. The Balaban J connectivity index is 1.99. The lowest BCUT2D eigenvalue weighted by molar-refractivity contribution is -0.142. The van der Waals surface area contributed by atoms with Gasteiger partial charge in [0.2, 0.25) is 0 Å². The Morgan fingerprint density at radius 1 is 1.39 bits per heavy atom. The van der Waals surface area contributed by atoms with Gasteiger partial charge in [0.15, 0.2) is 0 Å². The van der Waals surface area contributed by atoms with E-state index in [4.69, 9.17) is 5.11 Å². The van der Waals surface area contributed by atoms with Gasteiger partial charge in [-0.1, -0.05) is 13.8 Å². The summed E-state index contributed by atoms with van der Waals surface area (Å²) >= 11 is 0. The first-order valence-corrected chi connectivity index (χ1v) is 6.51. The molecular formula is C14H20N2O2. The standard InChI is InChI=1S/C14H20N2O2/c1-10(2)13-4-3-12(9-15-13)16-7-5-11(6-8-16)14(17)18/h3-4,9-11H,5-8H2,1-2H3,(H,17,18). The van der Waals surface area contributed by atoms with Crippen molar-refractivity contribution in [2.24, 2.45) is 5.92 Å². The molecule has 1 aliphatic rings. The average Bonchev–Trinajstić information content (AvgIpc) is 2.39. The number of piperidine rings is 1. The number of aromatic nitrogens is 1. The van der Waals surface area contributed by atoms with E-state index < -0.39 is 5.97 Å². The first-order chi connectivity index (χ1) is 8.58. The van der Waals surface area contributed by atoms with Gasteiger partial charge in [0.1, 0.15) is 0 Å². The maximum absolute atomic E-state index is 10.9. The van der Waals surface area contributed by atoms with Crippen molar-refractivity contribution >= 4 is 11.7 Å². The van der Waals surface area contributed by atoms with Crippen molar-refractivity contribution in [1.82, 2.24) is 4.98 Å². The summed E-state index contributed by atoms with van der Waals surface area (Å²) in [7, 11) is 0. The second kappa shape index (κ2) is 5.38. The summed E-state index contributed by atoms with van der Waals surface area (Å²) in [6.45, 7) is 5.86. The molecule has 2 heterocycles. The number of carbonyl (C=O) groups is 1. The lowest BCUT2D eigenvalue weighted by Gasteiger charge is -2.31. The van der Waals surface area contributed by atoms with Crippen molar-refractivity contribution in [2.45, 2.75) is 32.6 Å². The molecule has 0 amide bonds. The predicted octanol–water partition coefficient (Wildman–Crippen LogP) is 2.51. The van der Waals surface area contributed by atoms with Crippen LogP contribution >= 0.6 is 0 Å². The van der Waals surface area contributed by atoms with Gasteiger partial charge in [0, 0.05) is 18.8 Å². The number of hydrogen-bond acceptors (Lipinski definition) is 3. The van der Waals surface area contributed by atoms with E-state index in [9.17, 15) is 4.79 Å². The van der Waals surface area contributed by atoms with Crippen molar-refractivity contribution in [3.8, 4) is 0 Å². The summed E-state index contributed by atoms with van der Waals surface area (Å²) in [5.74, 6) is -0.399. The third-order valence-electron chi connectivity index (χ3n) is 3.57. The number of anilines is 1. The molecule has 98 valence electrons. The van der Waals surface area contributed by atoms with Crippen LogP contribution in [0.5, 0.6) is 0 Å². The number of carboxylic acids is 1. The van der Waals surface area contributed by atoms with Crippen LogP contribution in [0.4, 0.5) is 5.69 Å². The molecule has 0 bridgehead atoms. The predicted molar refractivity (Wildman–Crippen MR) is 70.9 cm³/mol. The van der Waals surface area contributed by atoms with E-state index in [1.54, 1.807) is 0 Å². The summed E-state index contributed by atoms with van der Waals surface area (Å²) < 4.78 is 0. The molecule has 0 radical (unpaired) electrons. The molecule has 4 nitrogen and oxygen atoms in total. The maximum atomic E-state index is 10.9. The number of carboxylic acid groups (broad SMARTS) is 1. The van der Waals surface area contributed by atoms with Crippen LogP contribution in [0.1, 0.15) is 38.3 Å². The van der Waals surface area contributed by atoms with Crippen LogP contribution in [-0.2, 0) is 4.79 Å². The summed E-state index contributed by atoms with van der Waals surface area (Å²) in [5.41, 5.74) is 2.20. The van der Waals surface area contributed by atoms with Crippen LogP contribution in [0.15, 0.2) is 18.3 Å². The van der Waals surface area contributed by atoms with Crippen molar-refractivity contribution in [1.29, 1.82) is 0 Å². The molecule has 1 aromatic rings. The van der Waals surface area contributed by atoms with Gasteiger partial charge in [-0.15, -0.1) is 0 Å². The molecule has 18 heavy (non-hydrogen) atoms. The maximum Gasteiger partial charge on any atom is 0.306 e. The Morgan fingerprint density at radius 3 is 2.50 bits per heavy atom. The molecule has 2 rings (SSSR count). The van der Waals surface area contributed by atoms with Crippen LogP contribution in [0.25, 0.3) is 0 Å². The number of pyridine rings is 1. The molecule has 1 fully saturated rings. The zero-order chi connectivity index (χ0) is 13.1. The number of hydrogen-bond donors (Lipinski definition) is 1. The lowest BCUT2D eigenvalue weighted by Crippen LogP contribution is -2.36. The first kappa shape index (κ1) is 12.9. The van der Waals surface area contributed by atoms with E-state index in [0.717, 1.165) is 37.3 Å². The van der Waals surface area contributed by atoms with Gasteiger partial charge < -0.3 is 10.0 Å². The van der Waals surface area contributed by atoms with Gasteiger partial charge in [-0.3, -0.25) is 9.78 Å². The molecule has 1 N–H and O–H groups in total. The molecule has 1 aromatic heterocycles. The fourth-order valence-corrected chi connectivity index (χ4v) is 2.31. The Hall–Kier alpha value is -1.58. The third-order valence-corrected chi connectivity index (χ3v) is 3.57. The fourth-order valence-electron chi connectivity index (χ4n) is 2.31. The Labute approximate surface area is 108 Å². The number of aliphatic carboxylic acids is 1. The van der Waals surface area contributed by atoms with Crippen molar-refractivity contribution in [3.63, 3.8) is 0 Å². The van der Waals surface area contributed by atoms with E-state index in [1.165, 1.54) is 0 Å². The molecule has 0 aromatic carbocycles. The number of rotatable bonds is 3. The van der Waals surface area contributed by atoms with Crippen LogP contribution in [-0.4, -0.2) is 29.1 Å². The zero-order valence-electron chi connectivity index (χ0n) is 11.0. The Bertz CT molecular complexity index is 406. The fraction of sp³-hybridized carbons (Fsp3) is 0.571. The Kier molecular flexibility index (Phi) is 3.84. The van der Waals surface area contributed by atoms with E-state index in [1.807, 2.05) is 6.20 Å². The monoisotopic (exact) mass is 248 g/mol. The van der Waals surface area contributed by atoms with Crippen molar-refractivity contribution in [3.05, 3.63) is 24.0 Å². The van der Waals surface area contributed by atoms with Crippen molar-refractivity contribution in [2.75, 3.05) is 18.0 Å². The smallest absolute Gasteiger partial charge is 0.306 e. The zero-order valence-corrected chi connectivity index (χ0v) is 11.0. The van der Waals surface area contributed by atoms with Gasteiger partial charge in [-0.2, -0.15) is 0 Å². The highest BCUT2D eigenvalue weighted by molar-refractivity contribution is 5.70. The van der Waals surface area contributed by atoms with Gasteiger partial charge in [-0.25, -0.2) is 0 Å². The minimum Gasteiger partial charge on any atom is -0.481 e. The van der Waals surface area contributed by atoms with Crippen LogP contribution < -0.4 is 4.90 Å². The molecule has 0 aliphatic carbocycles. The van der Waals surface area contributed by atoms with E-state index in [0.29, 0.717) is 5.92 Å². The van der Waals surface area contributed by atoms with Gasteiger partial charge in [0.05, 0.1) is 17.8 Å². The molecule has 0 saturated carbocycles. The van der Waals surface area contributed by atoms with Crippen LogP contribution in [0, 0.1) is 5.92 Å². The third kappa shape index (κ3) is 2.81. The highest BCUT2D eigenvalue weighted by Crippen LogP contribution is 2.23. The SMILES string of the molecule is CC(C)c1ccc(N2CCC(C(=O)O)CC2)cn1. The summed E-state index contributed by atoms with van der Waals surface area (Å²) in [5, 5.41) is 8.96. The minimum absolute atomic E-state index is 0.177. The molecular weight excluding hydrogens is 228 g/mol. The Morgan fingerprint density at radius 2 is 2.06 bits per heavy atom. The lowest BCUT2D eigenvalue weighted by atomic mass is 9.97. The molecule has 4 heteroatoms. The first-order valence-electron chi connectivity index (χ1n) is 6.51. The van der Waals surface area contributed by atoms with Gasteiger partial charge in [0.25, 0.3) is 0 Å². The second-order valence-corrected chi connectivity index (χ2v) is 5.20. The largest absolute Gasteiger partial charge is 0.481 e. The molecule has 1 saturated heterocycles. The van der Waals surface area contributed by atoms with E-state index in [2.05, 4.69) is 35.9 Å². The normalized spacial score (nSPS) is 17.2. The molecule has 0 unspecified atom stereocenters. The number of nitrogens with zero attached hydrogens (tertiary/aromatic N) is 2.